The van der Waals surface area contributed by atoms with E-state index in [1.165, 1.54) is 11.3 Å². The summed E-state index contributed by atoms with van der Waals surface area (Å²) in [6.45, 7) is 0. The minimum atomic E-state index is -0.375. The SMILES string of the molecule is O=C(Cl)c1cc2sc(Br)cc2s1. The predicted octanol–water partition coefficient (Wildman–Crippen LogP) is 4.10. The van der Waals surface area contributed by atoms with Crippen LogP contribution in [0.4, 0.5) is 0 Å². The highest BCUT2D eigenvalue weighted by Gasteiger charge is 2.09. The Morgan fingerprint density at radius 2 is 2.00 bits per heavy atom. The Balaban J connectivity index is 2.64. The average molecular weight is 282 g/mol. The van der Waals surface area contributed by atoms with Gasteiger partial charge in [-0.05, 0) is 39.7 Å². The first-order valence-corrected chi connectivity index (χ1v) is 5.86. The van der Waals surface area contributed by atoms with Gasteiger partial charge in [-0.2, -0.15) is 0 Å². The summed E-state index contributed by atoms with van der Waals surface area (Å²) in [7, 11) is 0. The van der Waals surface area contributed by atoms with Gasteiger partial charge in [0.25, 0.3) is 5.24 Å². The normalized spacial score (nSPS) is 10.8. The van der Waals surface area contributed by atoms with Crippen LogP contribution < -0.4 is 0 Å². The largest absolute Gasteiger partial charge is 0.275 e. The number of halogens is 2. The van der Waals surface area contributed by atoms with E-state index in [0.717, 1.165) is 13.2 Å². The molecule has 0 aliphatic rings. The molecule has 0 aliphatic carbocycles. The zero-order valence-electron chi connectivity index (χ0n) is 5.64. The second kappa shape index (κ2) is 3.10. The molecule has 2 heterocycles. The quantitative estimate of drug-likeness (QED) is 0.719. The van der Waals surface area contributed by atoms with Crippen molar-refractivity contribution in [2.24, 2.45) is 0 Å². The van der Waals surface area contributed by atoms with E-state index < -0.39 is 0 Å². The number of thiophene rings is 2. The molecule has 0 radical (unpaired) electrons. The Hall–Kier alpha value is 0.1000. The molecule has 2 aromatic rings. The number of hydrogen-bond acceptors (Lipinski definition) is 3. The lowest BCUT2D eigenvalue weighted by molar-refractivity contribution is 0.108. The van der Waals surface area contributed by atoms with Crippen LogP contribution in [0, 0.1) is 0 Å². The summed E-state index contributed by atoms with van der Waals surface area (Å²) in [6, 6.07) is 3.82. The van der Waals surface area contributed by atoms with E-state index in [1.54, 1.807) is 11.3 Å². The van der Waals surface area contributed by atoms with Gasteiger partial charge in [-0.1, -0.05) is 0 Å². The molecule has 1 nitrogen and oxygen atoms in total. The van der Waals surface area contributed by atoms with Crippen molar-refractivity contribution in [3.63, 3.8) is 0 Å². The van der Waals surface area contributed by atoms with Crippen LogP contribution in [-0.2, 0) is 0 Å². The topological polar surface area (TPSA) is 17.1 Å². The van der Waals surface area contributed by atoms with Gasteiger partial charge in [0, 0.05) is 9.40 Å². The molecule has 0 spiro atoms. The fourth-order valence-corrected chi connectivity index (χ4v) is 3.93. The summed E-state index contributed by atoms with van der Waals surface area (Å²) in [5, 5.41) is -0.375. The van der Waals surface area contributed by atoms with Gasteiger partial charge in [-0.15, -0.1) is 22.7 Å². The van der Waals surface area contributed by atoms with E-state index in [-0.39, 0.29) is 5.24 Å². The molecule has 0 atom stereocenters. The molecule has 12 heavy (non-hydrogen) atoms. The van der Waals surface area contributed by atoms with Gasteiger partial charge in [-0.25, -0.2) is 0 Å². The smallest absolute Gasteiger partial charge is 0.262 e. The number of carbonyl (C=O) groups excluding carboxylic acids is 1. The zero-order valence-corrected chi connectivity index (χ0v) is 9.61. The number of carbonyl (C=O) groups is 1. The Bertz CT molecular complexity index is 414. The van der Waals surface area contributed by atoms with Crippen LogP contribution in [0.15, 0.2) is 15.9 Å². The number of hydrogen-bond donors (Lipinski definition) is 0. The summed E-state index contributed by atoms with van der Waals surface area (Å²) >= 11 is 11.7. The third kappa shape index (κ3) is 1.44. The Morgan fingerprint density at radius 1 is 1.33 bits per heavy atom. The molecule has 0 fully saturated rings. The Labute approximate surface area is 90.1 Å². The van der Waals surface area contributed by atoms with Gasteiger partial charge in [0.15, 0.2) is 0 Å². The van der Waals surface area contributed by atoms with Crippen molar-refractivity contribution in [1.82, 2.24) is 0 Å². The first kappa shape index (κ1) is 8.69. The molecule has 0 saturated heterocycles. The van der Waals surface area contributed by atoms with Gasteiger partial charge in [0.05, 0.1) is 8.66 Å². The molecule has 0 aliphatic heterocycles. The van der Waals surface area contributed by atoms with Gasteiger partial charge in [0.2, 0.25) is 0 Å². The maximum atomic E-state index is 10.8. The third-order valence-corrected chi connectivity index (χ3v) is 4.48. The molecule has 0 aromatic carbocycles. The van der Waals surface area contributed by atoms with Crippen LogP contribution in [-0.4, -0.2) is 5.24 Å². The Kier molecular flexibility index (Phi) is 2.25. The van der Waals surface area contributed by atoms with Crippen LogP contribution in [0.5, 0.6) is 0 Å². The fourth-order valence-electron chi connectivity index (χ4n) is 0.903. The first-order valence-electron chi connectivity index (χ1n) is 3.05. The Morgan fingerprint density at radius 3 is 2.58 bits per heavy atom. The summed E-state index contributed by atoms with van der Waals surface area (Å²) < 4.78 is 3.30. The van der Waals surface area contributed by atoms with Gasteiger partial charge in [0.1, 0.15) is 0 Å². The van der Waals surface area contributed by atoms with Crippen molar-refractivity contribution in [2.75, 3.05) is 0 Å². The molecule has 0 saturated carbocycles. The summed E-state index contributed by atoms with van der Waals surface area (Å²) in [5.74, 6) is 0. The highest BCUT2D eigenvalue weighted by molar-refractivity contribution is 9.11. The standard InChI is InChI=1S/C7H2BrClOS2/c8-6-2-4-3(12-6)1-5(11-4)7(9)10/h1-2H. The lowest BCUT2D eigenvalue weighted by atomic mass is 10.5. The highest BCUT2D eigenvalue weighted by atomic mass is 79.9. The van der Waals surface area contributed by atoms with Gasteiger partial charge < -0.3 is 0 Å². The molecule has 5 heteroatoms. The van der Waals surface area contributed by atoms with E-state index in [9.17, 15) is 4.79 Å². The van der Waals surface area contributed by atoms with Crippen molar-refractivity contribution < 1.29 is 4.79 Å². The zero-order chi connectivity index (χ0) is 8.72. The summed E-state index contributed by atoms with van der Waals surface area (Å²) in [6.07, 6.45) is 0. The molecular formula is C7H2BrClOS2. The molecule has 2 rings (SSSR count). The third-order valence-electron chi connectivity index (χ3n) is 1.37. The van der Waals surface area contributed by atoms with Crippen LogP contribution in [0.25, 0.3) is 9.40 Å². The molecular weight excluding hydrogens is 280 g/mol. The lowest BCUT2D eigenvalue weighted by Crippen LogP contribution is -1.78. The first-order chi connectivity index (χ1) is 5.66. The molecule has 0 N–H and O–H groups in total. The number of fused-ring (bicyclic) bond motifs is 1. The van der Waals surface area contributed by atoms with E-state index in [2.05, 4.69) is 15.9 Å². The van der Waals surface area contributed by atoms with Crippen LogP contribution in [0.2, 0.25) is 0 Å². The van der Waals surface area contributed by atoms with Crippen molar-refractivity contribution in [3.05, 3.63) is 20.8 Å². The second-order valence-electron chi connectivity index (χ2n) is 2.16. The maximum Gasteiger partial charge on any atom is 0.262 e. The second-order valence-corrected chi connectivity index (χ2v) is 6.05. The maximum absolute atomic E-state index is 10.8. The molecule has 2 aromatic heterocycles. The lowest BCUT2D eigenvalue weighted by Gasteiger charge is -1.79. The highest BCUT2D eigenvalue weighted by Crippen LogP contribution is 2.36. The molecule has 62 valence electrons. The van der Waals surface area contributed by atoms with E-state index >= 15 is 0 Å². The average Bonchev–Trinajstić information content (AvgIpc) is 2.42. The van der Waals surface area contributed by atoms with Crippen LogP contribution in [0.3, 0.4) is 0 Å². The van der Waals surface area contributed by atoms with Crippen molar-refractivity contribution >= 4 is 64.8 Å². The minimum absolute atomic E-state index is 0.375. The fraction of sp³-hybridized carbons (Fsp3) is 0. The van der Waals surface area contributed by atoms with Gasteiger partial charge in [-0.3, -0.25) is 4.79 Å². The van der Waals surface area contributed by atoms with Crippen molar-refractivity contribution in [1.29, 1.82) is 0 Å². The van der Waals surface area contributed by atoms with Crippen molar-refractivity contribution in [2.45, 2.75) is 0 Å². The van der Waals surface area contributed by atoms with E-state index in [4.69, 9.17) is 11.6 Å². The summed E-state index contributed by atoms with van der Waals surface area (Å²) in [5.41, 5.74) is 0. The number of rotatable bonds is 1. The van der Waals surface area contributed by atoms with Crippen molar-refractivity contribution in [3.8, 4) is 0 Å². The van der Waals surface area contributed by atoms with Crippen LogP contribution >= 0.6 is 50.2 Å². The molecule has 0 bridgehead atoms. The van der Waals surface area contributed by atoms with Gasteiger partial charge >= 0.3 is 0 Å². The minimum Gasteiger partial charge on any atom is -0.275 e. The molecule has 0 unspecified atom stereocenters. The van der Waals surface area contributed by atoms with E-state index in [0.29, 0.717) is 4.88 Å². The molecule has 0 amide bonds. The summed E-state index contributed by atoms with van der Waals surface area (Å²) in [4.78, 5) is 11.4. The monoisotopic (exact) mass is 280 g/mol. The predicted molar refractivity (Wildman–Crippen MR) is 57.6 cm³/mol. The van der Waals surface area contributed by atoms with E-state index in [1.807, 2.05) is 12.1 Å². The van der Waals surface area contributed by atoms with Crippen LogP contribution in [0.1, 0.15) is 9.67 Å².